The topological polar surface area (TPSA) is 42.0 Å². The number of rotatable bonds is 2. The summed E-state index contributed by atoms with van der Waals surface area (Å²) in [5.74, 6) is -0.0649. The van der Waals surface area contributed by atoms with E-state index in [1.807, 2.05) is 13.0 Å². The number of hydrogen-bond donors (Lipinski definition) is 1. The first kappa shape index (κ1) is 13.3. The van der Waals surface area contributed by atoms with Crippen LogP contribution < -0.4 is 5.32 Å². The highest BCUT2D eigenvalue weighted by atomic mass is 79.9. The van der Waals surface area contributed by atoms with Crippen LogP contribution in [-0.4, -0.2) is 10.9 Å². The summed E-state index contributed by atoms with van der Waals surface area (Å²) in [6, 6.07) is 1.90. The zero-order chi connectivity index (χ0) is 13.4. The Labute approximate surface area is 128 Å². The molecule has 0 aromatic carbocycles. The van der Waals surface area contributed by atoms with Crippen molar-refractivity contribution in [3.8, 4) is 0 Å². The number of aromatic nitrogens is 1. The first-order valence-corrected chi connectivity index (χ1v) is 8.62. The molecule has 6 heteroatoms. The van der Waals surface area contributed by atoms with Crippen LogP contribution in [0.4, 0.5) is 5.13 Å². The van der Waals surface area contributed by atoms with Crippen molar-refractivity contribution in [3.63, 3.8) is 0 Å². The summed E-state index contributed by atoms with van der Waals surface area (Å²) in [4.78, 5) is 18.7. The van der Waals surface area contributed by atoms with Crippen molar-refractivity contribution in [1.82, 2.24) is 4.98 Å². The molecular weight excluding hydrogens is 344 g/mol. The van der Waals surface area contributed by atoms with Gasteiger partial charge in [0.1, 0.15) is 0 Å². The maximum Gasteiger partial charge on any atom is 0.267 e. The second kappa shape index (κ2) is 5.34. The lowest BCUT2D eigenvalue weighted by Gasteiger charge is -2.06. The third kappa shape index (κ3) is 2.75. The Hall–Kier alpha value is -0.720. The molecule has 1 amide bonds. The third-order valence-electron chi connectivity index (χ3n) is 3.15. The zero-order valence-electron chi connectivity index (χ0n) is 10.5. The Morgan fingerprint density at radius 3 is 2.84 bits per heavy atom. The van der Waals surface area contributed by atoms with Crippen molar-refractivity contribution in [1.29, 1.82) is 0 Å². The molecule has 0 saturated heterocycles. The number of nitrogens with zero attached hydrogens (tertiary/aromatic N) is 1. The quantitative estimate of drug-likeness (QED) is 0.865. The number of thiazole rings is 1. The molecule has 1 aliphatic rings. The number of thiophene rings is 1. The highest BCUT2D eigenvalue weighted by molar-refractivity contribution is 9.11. The first-order valence-electron chi connectivity index (χ1n) is 6.19. The number of aryl methyl sites for hydroxylation is 3. The van der Waals surface area contributed by atoms with Gasteiger partial charge in [0.2, 0.25) is 0 Å². The number of nitrogens with one attached hydrogen (secondary N) is 1. The van der Waals surface area contributed by atoms with Crippen molar-refractivity contribution >= 4 is 49.6 Å². The first-order chi connectivity index (χ1) is 9.13. The molecule has 0 atom stereocenters. The second-order valence-electron chi connectivity index (χ2n) is 4.62. The van der Waals surface area contributed by atoms with Crippen LogP contribution in [0.25, 0.3) is 0 Å². The molecule has 2 heterocycles. The van der Waals surface area contributed by atoms with Crippen molar-refractivity contribution in [2.24, 2.45) is 0 Å². The van der Waals surface area contributed by atoms with Gasteiger partial charge >= 0.3 is 0 Å². The van der Waals surface area contributed by atoms with E-state index in [1.54, 1.807) is 11.3 Å². The molecule has 0 spiro atoms. The molecule has 2 aromatic rings. The van der Waals surface area contributed by atoms with Gasteiger partial charge in [0.15, 0.2) is 5.13 Å². The van der Waals surface area contributed by atoms with E-state index in [0.717, 1.165) is 32.2 Å². The summed E-state index contributed by atoms with van der Waals surface area (Å²) in [5, 5.41) is 3.65. The SMILES string of the molecule is Cc1cc(C(=O)Nc2nc3c(s2)CCCC3)sc1Br. The maximum atomic E-state index is 12.1. The van der Waals surface area contributed by atoms with Crippen LogP contribution in [0.15, 0.2) is 9.85 Å². The Bertz CT molecular complexity index is 590. The van der Waals surface area contributed by atoms with Gasteiger partial charge in [-0.1, -0.05) is 0 Å². The molecule has 1 N–H and O–H groups in total. The van der Waals surface area contributed by atoms with Crippen molar-refractivity contribution in [2.75, 3.05) is 5.32 Å². The average molecular weight is 357 g/mol. The molecule has 1 aliphatic carbocycles. The molecule has 2 aromatic heterocycles. The number of fused-ring (bicyclic) bond motifs is 1. The van der Waals surface area contributed by atoms with Gasteiger partial charge in [0, 0.05) is 4.88 Å². The van der Waals surface area contributed by atoms with Crippen molar-refractivity contribution < 1.29 is 4.79 Å². The predicted octanol–water partition coefficient (Wildman–Crippen LogP) is 4.41. The fourth-order valence-corrected chi connectivity index (χ4v) is 4.61. The van der Waals surface area contributed by atoms with Gasteiger partial charge in [-0.25, -0.2) is 4.98 Å². The monoisotopic (exact) mass is 356 g/mol. The van der Waals surface area contributed by atoms with Gasteiger partial charge in [-0.2, -0.15) is 0 Å². The molecule has 100 valence electrons. The Balaban J connectivity index is 1.77. The molecule has 0 radical (unpaired) electrons. The molecular formula is C13H13BrN2OS2. The minimum atomic E-state index is -0.0649. The number of halogens is 1. The largest absolute Gasteiger partial charge is 0.297 e. The summed E-state index contributed by atoms with van der Waals surface area (Å²) in [5.41, 5.74) is 2.27. The third-order valence-corrected chi connectivity index (χ3v) is 6.36. The molecule has 19 heavy (non-hydrogen) atoms. The van der Waals surface area contributed by atoms with Gasteiger partial charge in [-0.15, -0.1) is 22.7 Å². The number of hydrogen-bond acceptors (Lipinski definition) is 4. The van der Waals surface area contributed by atoms with Crippen LogP contribution in [-0.2, 0) is 12.8 Å². The van der Waals surface area contributed by atoms with E-state index in [1.165, 1.54) is 34.7 Å². The predicted molar refractivity (Wildman–Crippen MR) is 83.5 cm³/mol. The molecule has 3 nitrogen and oxygen atoms in total. The summed E-state index contributed by atoms with van der Waals surface area (Å²) in [6.45, 7) is 1.99. The molecule has 0 bridgehead atoms. The summed E-state index contributed by atoms with van der Waals surface area (Å²) in [7, 11) is 0. The van der Waals surface area contributed by atoms with Crippen LogP contribution in [0, 0.1) is 6.92 Å². The molecule has 3 rings (SSSR count). The molecule has 0 unspecified atom stereocenters. The fraction of sp³-hybridized carbons (Fsp3) is 0.385. The normalized spacial score (nSPS) is 14.2. The van der Waals surface area contributed by atoms with Gasteiger partial charge < -0.3 is 0 Å². The van der Waals surface area contributed by atoms with E-state index in [2.05, 4.69) is 26.2 Å². The second-order valence-corrected chi connectivity index (χ2v) is 8.07. The number of amides is 1. The van der Waals surface area contributed by atoms with Gasteiger partial charge in [0.25, 0.3) is 5.91 Å². The Morgan fingerprint density at radius 2 is 2.16 bits per heavy atom. The summed E-state index contributed by atoms with van der Waals surface area (Å²) >= 11 is 6.52. The van der Waals surface area contributed by atoms with Crippen LogP contribution in [0.2, 0.25) is 0 Å². The van der Waals surface area contributed by atoms with E-state index < -0.39 is 0 Å². The number of anilines is 1. The molecule has 0 fully saturated rings. The van der Waals surface area contributed by atoms with Gasteiger partial charge in [-0.05, 0) is 60.2 Å². The van der Waals surface area contributed by atoms with Crippen LogP contribution in [0.1, 0.15) is 38.6 Å². The number of carbonyl (C=O) groups is 1. The maximum absolute atomic E-state index is 12.1. The van der Waals surface area contributed by atoms with Gasteiger partial charge in [0.05, 0.1) is 14.4 Å². The lowest BCUT2D eigenvalue weighted by atomic mass is 10.0. The van der Waals surface area contributed by atoms with E-state index >= 15 is 0 Å². The highest BCUT2D eigenvalue weighted by Crippen LogP contribution is 2.31. The lowest BCUT2D eigenvalue weighted by Crippen LogP contribution is -2.09. The summed E-state index contributed by atoms with van der Waals surface area (Å²) in [6.07, 6.45) is 4.60. The van der Waals surface area contributed by atoms with Gasteiger partial charge in [-0.3, -0.25) is 10.1 Å². The van der Waals surface area contributed by atoms with Crippen LogP contribution in [0.3, 0.4) is 0 Å². The van der Waals surface area contributed by atoms with E-state index in [4.69, 9.17) is 0 Å². The summed E-state index contributed by atoms with van der Waals surface area (Å²) < 4.78 is 1.01. The fourth-order valence-electron chi connectivity index (χ4n) is 2.14. The highest BCUT2D eigenvalue weighted by Gasteiger charge is 2.18. The van der Waals surface area contributed by atoms with E-state index in [9.17, 15) is 4.79 Å². The molecule has 0 aliphatic heterocycles. The zero-order valence-corrected chi connectivity index (χ0v) is 13.7. The number of carbonyl (C=O) groups excluding carboxylic acids is 1. The van der Waals surface area contributed by atoms with Crippen molar-refractivity contribution in [3.05, 3.63) is 30.9 Å². The Kier molecular flexibility index (Phi) is 3.73. The smallest absolute Gasteiger partial charge is 0.267 e. The Morgan fingerprint density at radius 1 is 1.37 bits per heavy atom. The molecule has 0 saturated carbocycles. The minimum Gasteiger partial charge on any atom is -0.297 e. The van der Waals surface area contributed by atoms with Crippen molar-refractivity contribution in [2.45, 2.75) is 32.6 Å². The standard InChI is InChI=1S/C13H13BrN2OS2/c1-7-6-10(18-11(7)14)12(17)16-13-15-8-4-2-3-5-9(8)19-13/h6H,2-5H2,1H3,(H,15,16,17). The van der Waals surface area contributed by atoms with Crippen LogP contribution in [0.5, 0.6) is 0 Å². The minimum absolute atomic E-state index is 0.0649. The van der Waals surface area contributed by atoms with E-state index in [0.29, 0.717) is 0 Å². The lowest BCUT2D eigenvalue weighted by molar-refractivity contribution is 0.103. The van der Waals surface area contributed by atoms with Crippen LogP contribution >= 0.6 is 38.6 Å². The van der Waals surface area contributed by atoms with E-state index in [-0.39, 0.29) is 5.91 Å². The average Bonchev–Trinajstić information content (AvgIpc) is 2.93.